The van der Waals surface area contributed by atoms with Gasteiger partial charge in [-0.3, -0.25) is 0 Å². The van der Waals surface area contributed by atoms with Crippen LogP contribution in [0.1, 0.15) is 31.9 Å². The van der Waals surface area contributed by atoms with E-state index in [9.17, 15) is 0 Å². The van der Waals surface area contributed by atoms with Gasteiger partial charge in [-0.05, 0) is 25.0 Å². The second kappa shape index (κ2) is 5.02. The summed E-state index contributed by atoms with van der Waals surface area (Å²) >= 11 is 0. The third-order valence-corrected chi connectivity index (χ3v) is 3.05. The summed E-state index contributed by atoms with van der Waals surface area (Å²) in [5.74, 6) is 0. The molecular formula is C15H19N. The van der Waals surface area contributed by atoms with Gasteiger partial charge >= 0.3 is 0 Å². The lowest BCUT2D eigenvalue weighted by atomic mass is 10.1. The van der Waals surface area contributed by atoms with Crippen molar-refractivity contribution >= 4 is 17.1 Å². The van der Waals surface area contributed by atoms with Gasteiger partial charge in [0.2, 0.25) is 0 Å². The van der Waals surface area contributed by atoms with Crippen molar-refractivity contribution < 1.29 is 0 Å². The summed E-state index contributed by atoms with van der Waals surface area (Å²) in [5, 5.41) is 1.31. The van der Waals surface area contributed by atoms with E-state index in [1.165, 1.54) is 35.9 Å². The van der Waals surface area contributed by atoms with Crippen LogP contribution in [0, 0.1) is 0 Å². The highest BCUT2D eigenvalue weighted by atomic mass is 15.0. The Bertz CT molecular complexity index is 479. The fourth-order valence-electron chi connectivity index (χ4n) is 2.20. The Morgan fingerprint density at radius 2 is 2.06 bits per heavy atom. The summed E-state index contributed by atoms with van der Waals surface area (Å²) in [6.07, 6.45) is 6.91. The zero-order chi connectivity index (χ0) is 11.4. The van der Waals surface area contributed by atoms with E-state index in [1.54, 1.807) is 0 Å². The standard InChI is InChI=1S/C15H19N/c1-3-5-6-10-14-12-13-9-7-8-11-15(13)16(14)4-2/h4,7-9,11-12H,2-3,5-6,10H2,1H3. The maximum absolute atomic E-state index is 3.91. The fraction of sp³-hybridized carbons (Fsp3) is 0.333. The smallest absolute Gasteiger partial charge is 0.0525 e. The molecule has 16 heavy (non-hydrogen) atoms. The minimum absolute atomic E-state index is 1.15. The number of nitrogens with zero attached hydrogens (tertiary/aromatic N) is 1. The Balaban J connectivity index is 2.33. The van der Waals surface area contributed by atoms with E-state index in [0.717, 1.165) is 6.42 Å². The maximum atomic E-state index is 3.91. The first-order chi connectivity index (χ1) is 7.86. The van der Waals surface area contributed by atoms with Gasteiger partial charge in [-0.1, -0.05) is 44.5 Å². The van der Waals surface area contributed by atoms with Crippen molar-refractivity contribution in [1.82, 2.24) is 4.57 Å². The van der Waals surface area contributed by atoms with Gasteiger partial charge in [-0.25, -0.2) is 0 Å². The minimum Gasteiger partial charge on any atom is -0.321 e. The molecule has 1 aromatic carbocycles. The topological polar surface area (TPSA) is 4.93 Å². The Morgan fingerprint density at radius 1 is 1.25 bits per heavy atom. The Hall–Kier alpha value is -1.50. The molecule has 0 aliphatic heterocycles. The molecule has 1 heteroatoms. The number of hydrogen-bond acceptors (Lipinski definition) is 0. The van der Waals surface area contributed by atoms with E-state index in [4.69, 9.17) is 0 Å². The molecule has 0 radical (unpaired) electrons. The summed E-state index contributed by atoms with van der Waals surface area (Å²) in [6.45, 7) is 6.14. The Labute approximate surface area is 97.4 Å². The van der Waals surface area contributed by atoms with Crippen molar-refractivity contribution in [3.8, 4) is 0 Å². The predicted octanol–water partition coefficient (Wildman–Crippen LogP) is 4.47. The highest BCUT2D eigenvalue weighted by Gasteiger charge is 2.05. The summed E-state index contributed by atoms with van der Waals surface area (Å²) in [4.78, 5) is 0. The predicted molar refractivity (Wildman–Crippen MR) is 71.6 cm³/mol. The van der Waals surface area contributed by atoms with Crippen LogP contribution in [0.25, 0.3) is 17.1 Å². The third kappa shape index (κ3) is 2.04. The molecule has 0 N–H and O–H groups in total. The van der Waals surface area contributed by atoms with Gasteiger partial charge in [0, 0.05) is 17.3 Å². The second-order valence-corrected chi connectivity index (χ2v) is 4.20. The normalized spacial score (nSPS) is 10.8. The van der Waals surface area contributed by atoms with Crippen LogP contribution in [0.5, 0.6) is 0 Å². The van der Waals surface area contributed by atoms with Crippen LogP contribution < -0.4 is 0 Å². The van der Waals surface area contributed by atoms with Crippen LogP contribution in [0.3, 0.4) is 0 Å². The zero-order valence-corrected chi connectivity index (χ0v) is 9.95. The molecule has 0 saturated heterocycles. The molecule has 84 valence electrons. The van der Waals surface area contributed by atoms with Crippen molar-refractivity contribution in [3.63, 3.8) is 0 Å². The average molecular weight is 213 g/mol. The van der Waals surface area contributed by atoms with E-state index >= 15 is 0 Å². The maximum Gasteiger partial charge on any atom is 0.0525 e. The molecule has 0 saturated carbocycles. The lowest BCUT2D eigenvalue weighted by Gasteiger charge is -2.04. The molecule has 0 unspecified atom stereocenters. The van der Waals surface area contributed by atoms with Gasteiger partial charge in [0.1, 0.15) is 0 Å². The number of fused-ring (bicyclic) bond motifs is 1. The van der Waals surface area contributed by atoms with E-state index in [1.807, 2.05) is 6.20 Å². The van der Waals surface area contributed by atoms with Crippen LogP contribution in [-0.4, -0.2) is 4.57 Å². The zero-order valence-electron chi connectivity index (χ0n) is 9.95. The van der Waals surface area contributed by atoms with Crippen LogP contribution in [0.15, 0.2) is 36.9 Å². The average Bonchev–Trinajstić information content (AvgIpc) is 2.67. The summed E-state index contributed by atoms with van der Waals surface area (Å²) < 4.78 is 2.21. The Morgan fingerprint density at radius 3 is 2.81 bits per heavy atom. The van der Waals surface area contributed by atoms with Crippen molar-refractivity contribution in [1.29, 1.82) is 0 Å². The third-order valence-electron chi connectivity index (χ3n) is 3.05. The molecule has 0 atom stereocenters. The monoisotopic (exact) mass is 213 g/mol. The van der Waals surface area contributed by atoms with Gasteiger partial charge in [-0.15, -0.1) is 0 Å². The van der Waals surface area contributed by atoms with E-state index in [-0.39, 0.29) is 0 Å². The van der Waals surface area contributed by atoms with E-state index in [2.05, 4.69) is 48.4 Å². The highest BCUT2D eigenvalue weighted by Crippen LogP contribution is 2.21. The molecular weight excluding hydrogens is 194 g/mol. The van der Waals surface area contributed by atoms with E-state index < -0.39 is 0 Å². The van der Waals surface area contributed by atoms with Gasteiger partial charge in [-0.2, -0.15) is 0 Å². The number of para-hydroxylation sites is 1. The van der Waals surface area contributed by atoms with E-state index in [0.29, 0.717) is 0 Å². The summed E-state index contributed by atoms with van der Waals surface area (Å²) in [5.41, 5.74) is 2.65. The van der Waals surface area contributed by atoms with Gasteiger partial charge in [0.05, 0.1) is 5.52 Å². The van der Waals surface area contributed by atoms with Crippen molar-refractivity contribution in [2.45, 2.75) is 32.6 Å². The fourth-order valence-corrected chi connectivity index (χ4v) is 2.20. The van der Waals surface area contributed by atoms with Crippen molar-refractivity contribution in [2.75, 3.05) is 0 Å². The molecule has 0 fully saturated rings. The number of unbranched alkanes of at least 4 members (excludes halogenated alkanes) is 2. The lowest BCUT2D eigenvalue weighted by molar-refractivity contribution is 0.704. The molecule has 2 rings (SSSR count). The van der Waals surface area contributed by atoms with Crippen LogP contribution >= 0.6 is 0 Å². The molecule has 0 amide bonds. The highest BCUT2D eigenvalue weighted by molar-refractivity contribution is 5.83. The molecule has 0 bridgehead atoms. The Kier molecular flexibility index (Phi) is 3.45. The molecule has 1 nitrogen and oxygen atoms in total. The molecule has 1 aromatic heterocycles. The number of aromatic nitrogens is 1. The SMILES string of the molecule is C=Cn1c(CCCCC)cc2ccccc21. The van der Waals surface area contributed by atoms with Crippen LogP contribution in [-0.2, 0) is 6.42 Å². The molecule has 0 spiro atoms. The summed E-state index contributed by atoms with van der Waals surface area (Å²) in [7, 11) is 0. The second-order valence-electron chi connectivity index (χ2n) is 4.20. The molecule has 1 heterocycles. The van der Waals surface area contributed by atoms with Crippen LogP contribution in [0.2, 0.25) is 0 Å². The first kappa shape index (κ1) is 11.0. The van der Waals surface area contributed by atoms with Crippen molar-refractivity contribution in [2.24, 2.45) is 0 Å². The number of benzene rings is 1. The first-order valence-electron chi connectivity index (χ1n) is 6.08. The molecule has 0 aliphatic rings. The first-order valence-corrected chi connectivity index (χ1v) is 6.08. The number of hydrogen-bond donors (Lipinski definition) is 0. The molecule has 2 aromatic rings. The largest absolute Gasteiger partial charge is 0.321 e. The van der Waals surface area contributed by atoms with Gasteiger partial charge in [0.25, 0.3) is 0 Å². The number of aryl methyl sites for hydroxylation is 1. The van der Waals surface area contributed by atoms with Crippen LogP contribution in [0.4, 0.5) is 0 Å². The minimum atomic E-state index is 1.15. The number of rotatable bonds is 5. The van der Waals surface area contributed by atoms with Gasteiger partial charge in [0.15, 0.2) is 0 Å². The van der Waals surface area contributed by atoms with Crippen molar-refractivity contribution in [3.05, 3.63) is 42.6 Å². The van der Waals surface area contributed by atoms with Gasteiger partial charge < -0.3 is 4.57 Å². The lowest BCUT2D eigenvalue weighted by Crippen LogP contribution is -1.94. The summed E-state index contributed by atoms with van der Waals surface area (Å²) in [6, 6.07) is 10.8. The molecule has 0 aliphatic carbocycles. The quantitative estimate of drug-likeness (QED) is 0.645.